The maximum Gasteiger partial charge on any atom is 0.177 e. The third-order valence-corrected chi connectivity index (χ3v) is 2.84. The van der Waals surface area contributed by atoms with Crippen molar-refractivity contribution in [3.63, 3.8) is 0 Å². The molecule has 0 saturated carbocycles. The quantitative estimate of drug-likeness (QED) is 0.805. The summed E-state index contributed by atoms with van der Waals surface area (Å²) in [5.41, 5.74) is 6.10. The molecule has 15 heavy (non-hydrogen) atoms. The second-order valence-corrected chi connectivity index (χ2v) is 3.64. The van der Waals surface area contributed by atoms with Crippen molar-refractivity contribution >= 4 is 11.8 Å². The molecule has 84 valence electrons. The van der Waals surface area contributed by atoms with Crippen LogP contribution in [-0.2, 0) is 6.54 Å². The molecule has 1 rings (SSSR count). The summed E-state index contributed by atoms with van der Waals surface area (Å²) in [6, 6.07) is 1.38. The number of methoxy groups -OCH3 is 2. The van der Waals surface area contributed by atoms with Gasteiger partial charge in [-0.1, -0.05) is 0 Å². The monoisotopic (exact) mass is 231 g/mol. The highest BCUT2D eigenvalue weighted by Gasteiger charge is 2.18. The summed E-state index contributed by atoms with van der Waals surface area (Å²) in [6.45, 7) is 0.213. The minimum Gasteiger partial charge on any atom is -0.492 e. The van der Waals surface area contributed by atoms with E-state index in [2.05, 4.69) is 0 Å². The third kappa shape index (κ3) is 2.18. The zero-order valence-electron chi connectivity index (χ0n) is 8.96. The molecule has 0 saturated heterocycles. The Morgan fingerprint density at radius 1 is 1.33 bits per heavy atom. The van der Waals surface area contributed by atoms with E-state index in [0.717, 1.165) is 0 Å². The Labute approximate surface area is 92.7 Å². The Bertz CT molecular complexity index is 358. The highest BCUT2D eigenvalue weighted by Crippen LogP contribution is 2.41. The van der Waals surface area contributed by atoms with Gasteiger partial charge >= 0.3 is 0 Å². The Balaban J connectivity index is 3.44. The number of halogens is 1. The van der Waals surface area contributed by atoms with Crippen LogP contribution in [0.15, 0.2) is 11.0 Å². The maximum absolute atomic E-state index is 13.6. The molecule has 0 aliphatic carbocycles. The molecule has 0 bridgehead atoms. The van der Waals surface area contributed by atoms with Crippen molar-refractivity contribution in [2.45, 2.75) is 11.4 Å². The van der Waals surface area contributed by atoms with E-state index in [4.69, 9.17) is 15.2 Å². The van der Waals surface area contributed by atoms with Crippen LogP contribution in [0.4, 0.5) is 4.39 Å². The first kappa shape index (κ1) is 12.1. The molecule has 0 aromatic heterocycles. The number of benzene rings is 1. The number of nitrogens with two attached hydrogens (primary N) is 1. The Hall–Kier alpha value is -0.940. The molecule has 3 nitrogen and oxygen atoms in total. The van der Waals surface area contributed by atoms with E-state index in [1.807, 2.05) is 0 Å². The average Bonchev–Trinajstić information content (AvgIpc) is 2.27. The second-order valence-electron chi connectivity index (χ2n) is 2.82. The lowest BCUT2D eigenvalue weighted by Crippen LogP contribution is -2.04. The summed E-state index contributed by atoms with van der Waals surface area (Å²) in [5.74, 6) is 0.580. The fraction of sp³-hybridized carbons (Fsp3) is 0.400. The minimum atomic E-state index is -0.333. The van der Waals surface area contributed by atoms with Gasteiger partial charge in [-0.25, -0.2) is 4.39 Å². The van der Waals surface area contributed by atoms with Crippen LogP contribution in [0.2, 0.25) is 0 Å². The van der Waals surface area contributed by atoms with Gasteiger partial charge in [0.05, 0.1) is 19.1 Å². The number of rotatable bonds is 4. The van der Waals surface area contributed by atoms with Crippen LogP contribution in [0.25, 0.3) is 0 Å². The lowest BCUT2D eigenvalue weighted by molar-refractivity contribution is 0.340. The van der Waals surface area contributed by atoms with Gasteiger partial charge in [0.15, 0.2) is 11.5 Å². The molecule has 0 radical (unpaired) electrons. The standard InChI is InChI=1S/C10H14FNO2S/c1-13-8-6(5-12)4-7(11)10(15-3)9(8)14-2/h4H,5,12H2,1-3H3. The predicted molar refractivity (Wildman–Crippen MR) is 59.2 cm³/mol. The van der Waals surface area contributed by atoms with Crippen molar-refractivity contribution in [2.24, 2.45) is 5.73 Å². The first-order valence-electron chi connectivity index (χ1n) is 4.37. The second kappa shape index (κ2) is 5.23. The molecule has 0 unspecified atom stereocenters. The summed E-state index contributed by atoms with van der Waals surface area (Å²) in [6.07, 6.45) is 1.78. The largest absolute Gasteiger partial charge is 0.492 e. The molecule has 1 aromatic rings. The van der Waals surface area contributed by atoms with Crippen LogP contribution in [-0.4, -0.2) is 20.5 Å². The van der Waals surface area contributed by atoms with Gasteiger partial charge in [0.1, 0.15) is 5.82 Å². The maximum atomic E-state index is 13.6. The topological polar surface area (TPSA) is 44.5 Å². The molecule has 0 amide bonds. The van der Waals surface area contributed by atoms with Gasteiger partial charge in [0.2, 0.25) is 0 Å². The lowest BCUT2D eigenvalue weighted by atomic mass is 10.2. The van der Waals surface area contributed by atoms with Crippen LogP contribution >= 0.6 is 11.8 Å². The highest BCUT2D eigenvalue weighted by atomic mass is 32.2. The summed E-state index contributed by atoms with van der Waals surface area (Å²) < 4.78 is 23.9. The lowest BCUT2D eigenvalue weighted by Gasteiger charge is -2.15. The van der Waals surface area contributed by atoms with Gasteiger partial charge in [0, 0.05) is 12.1 Å². The molecular formula is C10H14FNO2S. The number of hydrogen-bond acceptors (Lipinski definition) is 4. The number of hydrogen-bond donors (Lipinski definition) is 1. The predicted octanol–water partition coefficient (Wildman–Crippen LogP) is 2.02. The van der Waals surface area contributed by atoms with Crippen LogP contribution < -0.4 is 15.2 Å². The van der Waals surface area contributed by atoms with Crippen molar-refractivity contribution in [1.29, 1.82) is 0 Å². The fourth-order valence-electron chi connectivity index (χ4n) is 1.39. The van der Waals surface area contributed by atoms with Crippen molar-refractivity contribution in [1.82, 2.24) is 0 Å². The number of ether oxygens (including phenoxy) is 2. The van der Waals surface area contributed by atoms with Gasteiger partial charge in [-0.3, -0.25) is 0 Å². The summed E-state index contributed by atoms with van der Waals surface area (Å²) in [4.78, 5) is 0.437. The average molecular weight is 231 g/mol. The van der Waals surface area contributed by atoms with Gasteiger partial charge in [-0.2, -0.15) is 0 Å². The summed E-state index contributed by atoms with van der Waals surface area (Å²) >= 11 is 1.27. The molecule has 0 fully saturated rings. The molecular weight excluding hydrogens is 217 g/mol. The third-order valence-electron chi connectivity index (χ3n) is 2.05. The molecule has 0 aliphatic rings. The zero-order valence-corrected chi connectivity index (χ0v) is 9.78. The Kier molecular flexibility index (Phi) is 4.23. The van der Waals surface area contributed by atoms with Crippen LogP contribution in [0.5, 0.6) is 11.5 Å². The molecule has 0 aliphatic heterocycles. The van der Waals surface area contributed by atoms with E-state index in [-0.39, 0.29) is 12.4 Å². The first-order chi connectivity index (χ1) is 7.19. The van der Waals surface area contributed by atoms with Crippen LogP contribution in [0.3, 0.4) is 0 Å². The van der Waals surface area contributed by atoms with Gasteiger partial charge < -0.3 is 15.2 Å². The van der Waals surface area contributed by atoms with Crippen molar-refractivity contribution in [2.75, 3.05) is 20.5 Å². The number of thioether (sulfide) groups is 1. The van der Waals surface area contributed by atoms with Gasteiger partial charge in [0.25, 0.3) is 0 Å². The van der Waals surface area contributed by atoms with Gasteiger partial charge in [-0.15, -0.1) is 11.8 Å². The van der Waals surface area contributed by atoms with Gasteiger partial charge in [-0.05, 0) is 12.3 Å². The molecule has 0 spiro atoms. The van der Waals surface area contributed by atoms with E-state index in [9.17, 15) is 4.39 Å². The SMILES string of the molecule is COc1c(CN)cc(F)c(SC)c1OC. The zero-order chi connectivity index (χ0) is 11.4. The van der Waals surface area contributed by atoms with E-state index in [1.54, 1.807) is 6.26 Å². The van der Waals surface area contributed by atoms with E-state index < -0.39 is 0 Å². The van der Waals surface area contributed by atoms with Crippen molar-refractivity contribution < 1.29 is 13.9 Å². The summed E-state index contributed by atoms with van der Waals surface area (Å²) in [7, 11) is 3.00. The van der Waals surface area contributed by atoms with Crippen molar-refractivity contribution in [3.8, 4) is 11.5 Å². The van der Waals surface area contributed by atoms with E-state index in [0.29, 0.717) is 22.0 Å². The molecule has 0 heterocycles. The Morgan fingerprint density at radius 3 is 2.33 bits per heavy atom. The molecule has 5 heteroatoms. The van der Waals surface area contributed by atoms with E-state index >= 15 is 0 Å². The van der Waals surface area contributed by atoms with Crippen LogP contribution in [0.1, 0.15) is 5.56 Å². The first-order valence-corrected chi connectivity index (χ1v) is 5.59. The highest BCUT2D eigenvalue weighted by molar-refractivity contribution is 7.98. The normalized spacial score (nSPS) is 10.2. The molecule has 1 aromatic carbocycles. The van der Waals surface area contributed by atoms with Crippen molar-refractivity contribution in [3.05, 3.63) is 17.4 Å². The van der Waals surface area contributed by atoms with Crippen LogP contribution in [0, 0.1) is 5.82 Å². The van der Waals surface area contributed by atoms with E-state index in [1.165, 1.54) is 32.0 Å². The molecule has 2 N–H and O–H groups in total. The molecule has 0 atom stereocenters. The Morgan fingerprint density at radius 2 is 1.93 bits per heavy atom. The fourth-order valence-corrected chi connectivity index (χ4v) is 2.01. The smallest absolute Gasteiger partial charge is 0.177 e. The summed E-state index contributed by atoms with van der Waals surface area (Å²) in [5, 5.41) is 0. The minimum absolute atomic E-state index is 0.213.